The highest BCUT2D eigenvalue weighted by Crippen LogP contribution is 2.14. The van der Waals surface area contributed by atoms with Crippen LogP contribution in [0.25, 0.3) is 0 Å². The van der Waals surface area contributed by atoms with Crippen LogP contribution < -0.4 is 5.43 Å². The number of benzene rings is 2. The third-order valence-electron chi connectivity index (χ3n) is 3.86. The van der Waals surface area contributed by atoms with Crippen molar-refractivity contribution in [3.8, 4) is 0 Å². The van der Waals surface area contributed by atoms with Crippen molar-refractivity contribution in [1.82, 2.24) is 10.3 Å². The zero-order valence-corrected chi connectivity index (χ0v) is 17.7. The minimum atomic E-state index is -0.281. The molecule has 0 fully saturated rings. The van der Waals surface area contributed by atoms with Crippen molar-refractivity contribution >= 4 is 51.5 Å². The molecule has 2 rings (SSSR count). The van der Waals surface area contributed by atoms with Gasteiger partial charge in [-0.25, -0.2) is 5.43 Å². The largest absolute Gasteiger partial charge is 0.358 e. The Morgan fingerprint density at radius 3 is 2.30 bits per heavy atom. The first-order chi connectivity index (χ1) is 13.0. The predicted molar refractivity (Wildman–Crippen MR) is 120 cm³/mol. The summed E-state index contributed by atoms with van der Waals surface area (Å²) in [5.41, 5.74) is 4.84. The van der Waals surface area contributed by atoms with Crippen LogP contribution in [-0.4, -0.2) is 39.7 Å². The maximum Gasteiger partial charge on any atom is 0.271 e. The number of thiocarbonyl (C=S) groups is 1. The molecule has 0 aromatic heterocycles. The molecule has 1 N–H and O–H groups in total. The second-order valence-corrected chi connectivity index (χ2v) is 7.64. The molecule has 0 aliphatic heterocycles. The number of halogens is 1. The van der Waals surface area contributed by atoms with E-state index in [1.807, 2.05) is 30.3 Å². The van der Waals surface area contributed by atoms with Crippen molar-refractivity contribution in [1.29, 1.82) is 0 Å². The molecular weight excluding hydrogens is 398 g/mol. The van der Waals surface area contributed by atoms with E-state index in [4.69, 9.17) is 23.8 Å². The van der Waals surface area contributed by atoms with Crippen LogP contribution in [0.15, 0.2) is 59.7 Å². The van der Waals surface area contributed by atoms with E-state index < -0.39 is 0 Å². The highest BCUT2D eigenvalue weighted by atomic mass is 35.5. The molecule has 0 aliphatic rings. The lowest BCUT2D eigenvalue weighted by Gasteiger charge is -2.21. The van der Waals surface area contributed by atoms with Gasteiger partial charge in [-0.1, -0.05) is 65.9 Å². The van der Waals surface area contributed by atoms with E-state index in [0.717, 1.165) is 28.7 Å². The number of carbonyl (C=O) groups excluding carboxylic acids is 1. The van der Waals surface area contributed by atoms with Crippen LogP contribution in [-0.2, 0) is 0 Å². The maximum absolute atomic E-state index is 12.3. The molecule has 142 valence electrons. The Hall–Kier alpha value is -1.89. The number of amides is 1. The lowest BCUT2D eigenvalue weighted by Crippen LogP contribution is -2.28. The molecule has 7 heteroatoms. The van der Waals surface area contributed by atoms with E-state index in [1.165, 1.54) is 0 Å². The molecule has 0 saturated carbocycles. The average Bonchev–Trinajstić information content (AvgIpc) is 2.70. The number of rotatable bonds is 7. The summed E-state index contributed by atoms with van der Waals surface area (Å²) >= 11 is 12.9. The second-order valence-electron chi connectivity index (χ2n) is 5.60. The number of thioether (sulfide) groups is 1. The summed E-state index contributed by atoms with van der Waals surface area (Å²) in [6.45, 7) is 5.89. The highest BCUT2D eigenvalue weighted by Gasteiger charge is 2.11. The third-order valence-corrected chi connectivity index (χ3v) is 5.65. The van der Waals surface area contributed by atoms with Gasteiger partial charge in [-0.3, -0.25) is 4.79 Å². The molecule has 0 radical (unpaired) electrons. The summed E-state index contributed by atoms with van der Waals surface area (Å²) in [5, 5.41) is 4.95. The number of hydrogen-bond acceptors (Lipinski definition) is 4. The van der Waals surface area contributed by atoms with Crippen LogP contribution in [0.1, 0.15) is 29.8 Å². The summed E-state index contributed by atoms with van der Waals surface area (Å²) in [6, 6.07) is 16.5. The van der Waals surface area contributed by atoms with Crippen LogP contribution in [0.4, 0.5) is 0 Å². The smallest absolute Gasteiger partial charge is 0.271 e. The van der Waals surface area contributed by atoms with Gasteiger partial charge in [0, 0.05) is 29.4 Å². The van der Waals surface area contributed by atoms with E-state index in [1.54, 1.807) is 36.0 Å². The molecule has 2 aromatic carbocycles. The van der Waals surface area contributed by atoms with Gasteiger partial charge in [0.05, 0.1) is 5.71 Å². The zero-order valence-electron chi connectivity index (χ0n) is 15.3. The molecule has 27 heavy (non-hydrogen) atoms. The monoisotopic (exact) mass is 419 g/mol. The zero-order chi connectivity index (χ0) is 19.6. The second kappa shape index (κ2) is 11.1. The van der Waals surface area contributed by atoms with E-state index in [-0.39, 0.29) is 5.91 Å². The quantitative estimate of drug-likeness (QED) is 0.396. The normalized spacial score (nSPS) is 11.1. The fourth-order valence-corrected chi connectivity index (χ4v) is 3.79. The van der Waals surface area contributed by atoms with Crippen molar-refractivity contribution in [3.05, 3.63) is 70.7 Å². The van der Waals surface area contributed by atoms with Crippen molar-refractivity contribution in [2.75, 3.05) is 18.8 Å². The first-order valence-corrected chi connectivity index (χ1v) is 10.4. The van der Waals surface area contributed by atoms with Gasteiger partial charge in [0.2, 0.25) is 0 Å². The summed E-state index contributed by atoms with van der Waals surface area (Å²) < 4.78 is 0.827. The lowest BCUT2D eigenvalue weighted by atomic mass is 10.1. The number of hydrazone groups is 1. The summed E-state index contributed by atoms with van der Waals surface area (Å²) in [5.74, 6) is 0.289. The molecule has 4 nitrogen and oxygen atoms in total. The Kier molecular flexibility index (Phi) is 8.78. The minimum absolute atomic E-state index is 0.281. The van der Waals surface area contributed by atoms with Crippen LogP contribution in [0, 0.1) is 0 Å². The van der Waals surface area contributed by atoms with Crippen LogP contribution in [0.2, 0.25) is 5.02 Å². The number of nitrogens with one attached hydrogen (secondary N) is 1. The lowest BCUT2D eigenvalue weighted by molar-refractivity contribution is 0.0955. The van der Waals surface area contributed by atoms with Crippen LogP contribution in [0.5, 0.6) is 0 Å². The molecule has 0 atom stereocenters. The molecule has 0 aliphatic carbocycles. The standard InChI is InChI=1S/C20H22ClN3OS2/c1-3-24(4-2)20(26)27-14-18(15-8-6-5-7-9-15)22-23-19(25)16-10-12-17(21)13-11-16/h5-13H,3-4,14H2,1-2H3,(H,23,25)/b22-18+. The molecule has 0 spiro atoms. The number of nitrogens with zero attached hydrogens (tertiary/aromatic N) is 2. The van der Waals surface area contributed by atoms with E-state index in [9.17, 15) is 4.79 Å². The van der Waals surface area contributed by atoms with Crippen molar-refractivity contribution in [3.63, 3.8) is 0 Å². The van der Waals surface area contributed by atoms with Crippen LogP contribution in [0.3, 0.4) is 0 Å². The third kappa shape index (κ3) is 6.65. The first kappa shape index (κ1) is 21.4. The van der Waals surface area contributed by atoms with E-state index in [2.05, 4.69) is 29.3 Å². The summed E-state index contributed by atoms with van der Waals surface area (Å²) in [4.78, 5) is 14.4. The first-order valence-electron chi connectivity index (χ1n) is 8.64. The van der Waals surface area contributed by atoms with Gasteiger partial charge in [0.25, 0.3) is 5.91 Å². The van der Waals surface area contributed by atoms with Gasteiger partial charge in [-0.2, -0.15) is 5.10 Å². The van der Waals surface area contributed by atoms with Gasteiger partial charge >= 0.3 is 0 Å². The molecule has 0 bridgehead atoms. The summed E-state index contributed by atoms with van der Waals surface area (Å²) in [7, 11) is 0. The topological polar surface area (TPSA) is 44.7 Å². The Bertz CT molecular complexity index is 791. The highest BCUT2D eigenvalue weighted by molar-refractivity contribution is 8.23. The number of carbonyl (C=O) groups is 1. The Labute approximate surface area is 175 Å². The Balaban J connectivity index is 2.12. The predicted octanol–water partition coefficient (Wildman–Crippen LogP) is 4.83. The molecule has 0 heterocycles. The fourth-order valence-electron chi connectivity index (χ4n) is 2.30. The van der Waals surface area contributed by atoms with Gasteiger partial charge < -0.3 is 4.90 Å². The molecule has 0 unspecified atom stereocenters. The molecule has 0 saturated heterocycles. The Morgan fingerprint density at radius 2 is 1.70 bits per heavy atom. The maximum atomic E-state index is 12.3. The van der Waals surface area contributed by atoms with Crippen molar-refractivity contribution < 1.29 is 4.79 Å². The van der Waals surface area contributed by atoms with Crippen LogP contribution >= 0.6 is 35.6 Å². The fraction of sp³-hybridized carbons (Fsp3) is 0.250. The molecule has 2 aromatic rings. The SMILES string of the molecule is CCN(CC)C(=S)SC/C(=N\NC(=O)c1ccc(Cl)cc1)c1ccccc1. The average molecular weight is 420 g/mol. The number of hydrogen-bond donors (Lipinski definition) is 1. The van der Waals surface area contributed by atoms with E-state index >= 15 is 0 Å². The minimum Gasteiger partial charge on any atom is -0.358 e. The van der Waals surface area contributed by atoms with Gasteiger partial charge in [0.1, 0.15) is 4.32 Å². The van der Waals surface area contributed by atoms with E-state index in [0.29, 0.717) is 16.3 Å². The molecule has 1 amide bonds. The van der Waals surface area contributed by atoms with Gasteiger partial charge in [0.15, 0.2) is 0 Å². The van der Waals surface area contributed by atoms with Crippen molar-refractivity contribution in [2.24, 2.45) is 5.10 Å². The van der Waals surface area contributed by atoms with Gasteiger partial charge in [-0.15, -0.1) is 0 Å². The summed E-state index contributed by atoms with van der Waals surface area (Å²) in [6.07, 6.45) is 0. The Morgan fingerprint density at radius 1 is 1.07 bits per heavy atom. The van der Waals surface area contributed by atoms with Crippen molar-refractivity contribution in [2.45, 2.75) is 13.8 Å². The molecular formula is C20H22ClN3OS2. The van der Waals surface area contributed by atoms with Gasteiger partial charge in [-0.05, 0) is 43.7 Å².